The molecule has 3 rings (SSSR count). The van der Waals surface area contributed by atoms with Crippen molar-refractivity contribution in [3.8, 4) is 11.5 Å². The highest BCUT2D eigenvalue weighted by atomic mass is 32.2. The maximum Gasteiger partial charge on any atom is 0.238 e. The summed E-state index contributed by atoms with van der Waals surface area (Å²) in [5, 5.41) is 12.7. The van der Waals surface area contributed by atoms with Crippen LogP contribution in [0.3, 0.4) is 0 Å². The van der Waals surface area contributed by atoms with E-state index >= 15 is 0 Å². The zero-order chi connectivity index (χ0) is 19.6. The Kier molecular flexibility index (Phi) is 5.36. The maximum atomic E-state index is 12.9. The zero-order valence-electron chi connectivity index (χ0n) is 15.1. The number of nitrogens with one attached hydrogen (secondary N) is 2. The van der Waals surface area contributed by atoms with Crippen LogP contribution < -0.4 is 15.8 Å². The van der Waals surface area contributed by atoms with Crippen LogP contribution >= 0.6 is 11.8 Å². The Labute approximate surface area is 159 Å². The lowest BCUT2D eigenvalue weighted by Gasteiger charge is -2.20. The van der Waals surface area contributed by atoms with E-state index in [1.165, 1.54) is 31.3 Å². The Hall–Kier alpha value is -3.01. The van der Waals surface area contributed by atoms with Crippen molar-refractivity contribution in [3.05, 3.63) is 24.5 Å². The number of aromatic amines is 1. The van der Waals surface area contributed by atoms with Gasteiger partial charge in [0.2, 0.25) is 11.9 Å². The molecule has 9 nitrogen and oxygen atoms in total. The van der Waals surface area contributed by atoms with Crippen molar-refractivity contribution in [1.82, 2.24) is 19.9 Å². The minimum atomic E-state index is -0.439. The molecule has 2 heterocycles. The summed E-state index contributed by atoms with van der Waals surface area (Å²) in [5.74, 6) is 0.201. The average molecular weight is 388 g/mol. The number of phenols is 1. The van der Waals surface area contributed by atoms with Gasteiger partial charge in [-0.2, -0.15) is 4.98 Å². The highest BCUT2D eigenvalue weighted by Gasteiger charge is 2.26. The average Bonchev–Trinajstić information content (AvgIpc) is 3.09. The van der Waals surface area contributed by atoms with Gasteiger partial charge in [-0.15, -0.1) is 0 Å². The predicted molar refractivity (Wildman–Crippen MR) is 104 cm³/mol. The Bertz CT molecular complexity index is 974. The molecule has 27 heavy (non-hydrogen) atoms. The molecule has 10 heteroatoms. The van der Waals surface area contributed by atoms with Gasteiger partial charge in [0.1, 0.15) is 10.5 Å². The van der Waals surface area contributed by atoms with Crippen LogP contribution in [0.1, 0.15) is 13.8 Å². The number of H-pyrrole nitrogens is 1. The molecule has 0 aliphatic carbocycles. The number of aromatic nitrogens is 4. The van der Waals surface area contributed by atoms with E-state index < -0.39 is 5.25 Å². The molecule has 1 aromatic carbocycles. The second kappa shape index (κ2) is 7.70. The Morgan fingerprint density at radius 2 is 2.15 bits per heavy atom. The molecule has 3 aromatic rings. The van der Waals surface area contributed by atoms with E-state index in [9.17, 15) is 9.90 Å². The molecule has 0 aliphatic heterocycles. The van der Waals surface area contributed by atoms with Gasteiger partial charge in [0.25, 0.3) is 0 Å². The maximum absolute atomic E-state index is 12.9. The smallest absolute Gasteiger partial charge is 0.238 e. The molecular weight excluding hydrogens is 368 g/mol. The number of rotatable bonds is 6. The van der Waals surface area contributed by atoms with Crippen molar-refractivity contribution in [3.63, 3.8) is 0 Å². The number of thioether (sulfide) groups is 1. The van der Waals surface area contributed by atoms with Crippen LogP contribution in [0.15, 0.2) is 29.6 Å². The van der Waals surface area contributed by atoms with Crippen LogP contribution in [0.5, 0.6) is 11.5 Å². The van der Waals surface area contributed by atoms with Crippen molar-refractivity contribution in [1.29, 1.82) is 0 Å². The van der Waals surface area contributed by atoms with Crippen LogP contribution in [0.25, 0.3) is 11.2 Å². The van der Waals surface area contributed by atoms with Crippen LogP contribution in [-0.2, 0) is 4.79 Å². The summed E-state index contributed by atoms with van der Waals surface area (Å²) in [7, 11) is 1.45. The molecule has 1 atom stereocenters. The lowest BCUT2D eigenvalue weighted by Crippen LogP contribution is -2.29. The van der Waals surface area contributed by atoms with E-state index in [1.807, 2.05) is 13.8 Å². The van der Waals surface area contributed by atoms with Crippen molar-refractivity contribution in [2.45, 2.75) is 24.1 Å². The van der Waals surface area contributed by atoms with Gasteiger partial charge in [0.05, 0.1) is 18.7 Å². The molecule has 5 N–H and O–H groups in total. The number of amides is 1. The second-order valence-electron chi connectivity index (χ2n) is 6.15. The number of ether oxygens (including phenoxy) is 1. The van der Waals surface area contributed by atoms with Crippen molar-refractivity contribution in [2.24, 2.45) is 5.92 Å². The third-order valence-electron chi connectivity index (χ3n) is 3.82. The van der Waals surface area contributed by atoms with Crippen LogP contribution in [0.4, 0.5) is 11.6 Å². The van der Waals surface area contributed by atoms with E-state index in [-0.39, 0.29) is 29.3 Å². The highest BCUT2D eigenvalue weighted by Crippen LogP contribution is 2.33. The fraction of sp³-hybridized carbons (Fsp3) is 0.294. The fourth-order valence-corrected chi connectivity index (χ4v) is 3.58. The highest BCUT2D eigenvalue weighted by molar-refractivity contribution is 8.00. The summed E-state index contributed by atoms with van der Waals surface area (Å²) in [6.07, 6.45) is 1.51. The first-order valence-electron chi connectivity index (χ1n) is 8.20. The summed E-state index contributed by atoms with van der Waals surface area (Å²) < 4.78 is 5.07. The van der Waals surface area contributed by atoms with E-state index in [0.29, 0.717) is 21.9 Å². The molecule has 0 fully saturated rings. The SMILES string of the molecule is COc1cc(NC(=O)[C@H](Sc2nc(N)nc3nc[nH]c23)C(C)C)ccc1O. The van der Waals surface area contributed by atoms with Gasteiger partial charge >= 0.3 is 0 Å². The van der Waals surface area contributed by atoms with Gasteiger partial charge in [-0.05, 0) is 18.1 Å². The number of hydrogen-bond donors (Lipinski definition) is 4. The fourth-order valence-electron chi connectivity index (χ4n) is 2.49. The van der Waals surface area contributed by atoms with E-state index in [0.717, 1.165) is 0 Å². The number of carbonyl (C=O) groups excluding carboxylic acids is 1. The van der Waals surface area contributed by atoms with Crippen molar-refractivity contribution >= 4 is 40.5 Å². The van der Waals surface area contributed by atoms with Crippen molar-refractivity contribution < 1.29 is 14.6 Å². The third-order valence-corrected chi connectivity index (χ3v) is 5.35. The first kappa shape index (κ1) is 18.8. The minimum Gasteiger partial charge on any atom is -0.504 e. The number of carbonyl (C=O) groups is 1. The molecule has 0 saturated heterocycles. The van der Waals surface area contributed by atoms with E-state index in [4.69, 9.17) is 10.5 Å². The number of fused-ring (bicyclic) bond motifs is 1. The topological polar surface area (TPSA) is 139 Å². The molecule has 0 radical (unpaired) electrons. The van der Waals surface area contributed by atoms with E-state index in [2.05, 4.69) is 25.3 Å². The number of benzene rings is 1. The Balaban J connectivity index is 1.84. The molecule has 0 saturated carbocycles. The lowest BCUT2D eigenvalue weighted by atomic mass is 10.1. The molecule has 0 spiro atoms. The van der Waals surface area contributed by atoms with Gasteiger partial charge in [-0.25, -0.2) is 9.97 Å². The number of aromatic hydroxyl groups is 1. The number of nitrogen functional groups attached to an aromatic ring is 1. The first-order chi connectivity index (χ1) is 12.9. The molecule has 0 unspecified atom stereocenters. The molecule has 1 amide bonds. The number of anilines is 2. The Morgan fingerprint density at radius 3 is 2.85 bits per heavy atom. The van der Waals surface area contributed by atoms with Gasteiger partial charge in [-0.3, -0.25) is 4.79 Å². The standard InChI is InChI=1S/C17H20N6O3S/c1-8(2)13(15(25)21-9-4-5-10(24)11(6-9)26-3)27-16-12-14(20-7-19-12)22-17(18)23-16/h4-8,13,24H,1-3H3,(H,21,25)(H3,18,19,20,22,23)/t13-/m1/s1. The normalized spacial score (nSPS) is 12.3. The molecule has 0 bridgehead atoms. The van der Waals surface area contributed by atoms with Gasteiger partial charge in [0, 0.05) is 11.8 Å². The van der Waals surface area contributed by atoms with Crippen LogP contribution in [0, 0.1) is 5.92 Å². The van der Waals surface area contributed by atoms with E-state index in [1.54, 1.807) is 12.1 Å². The largest absolute Gasteiger partial charge is 0.504 e. The van der Waals surface area contributed by atoms with Crippen LogP contribution in [0.2, 0.25) is 0 Å². The quantitative estimate of drug-likeness (QED) is 0.287. The van der Waals surface area contributed by atoms with Gasteiger partial charge in [0.15, 0.2) is 17.1 Å². The Morgan fingerprint density at radius 1 is 1.37 bits per heavy atom. The number of phenolic OH excluding ortho intramolecular Hbond substituents is 1. The zero-order valence-corrected chi connectivity index (χ0v) is 15.9. The number of methoxy groups -OCH3 is 1. The lowest BCUT2D eigenvalue weighted by molar-refractivity contribution is -0.116. The third kappa shape index (κ3) is 4.05. The molecule has 2 aromatic heterocycles. The number of nitrogens with two attached hydrogens (primary N) is 1. The summed E-state index contributed by atoms with van der Waals surface area (Å²) in [5.41, 5.74) is 7.37. The predicted octanol–water partition coefficient (Wildman–Crippen LogP) is 2.40. The number of hydrogen-bond acceptors (Lipinski definition) is 8. The molecule has 0 aliphatic rings. The van der Waals surface area contributed by atoms with Gasteiger partial charge in [-0.1, -0.05) is 25.6 Å². The minimum absolute atomic E-state index is 0.00313. The molecule has 142 valence electrons. The monoisotopic (exact) mass is 388 g/mol. The summed E-state index contributed by atoms with van der Waals surface area (Å²) in [6, 6.07) is 4.63. The number of nitrogens with zero attached hydrogens (tertiary/aromatic N) is 3. The summed E-state index contributed by atoms with van der Waals surface area (Å²) in [4.78, 5) is 28.3. The van der Waals surface area contributed by atoms with Gasteiger partial charge < -0.3 is 25.9 Å². The first-order valence-corrected chi connectivity index (χ1v) is 9.08. The number of imidazole rings is 1. The summed E-state index contributed by atoms with van der Waals surface area (Å²) in [6.45, 7) is 3.90. The molecular formula is C17H20N6O3S. The van der Waals surface area contributed by atoms with Crippen LogP contribution in [-0.4, -0.2) is 43.3 Å². The summed E-state index contributed by atoms with van der Waals surface area (Å²) >= 11 is 1.29. The second-order valence-corrected chi connectivity index (χ2v) is 7.28. The van der Waals surface area contributed by atoms with Crippen molar-refractivity contribution in [2.75, 3.05) is 18.2 Å².